The molecule has 0 spiro atoms. The summed E-state index contributed by atoms with van der Waals surface area (Å²) in [4.78, 5) is 27.0. The molecule has 0 bridgehead atoms. The molecule has 0 radical (unpaired) electrons. The highest BCUT2D eigenvalue weighted by atomic mass is 35.5. The molecule has 0 saturated heterocycles. The molecule has 8 heteroatoms. The highest BCUT2D eigenvalue weighted by Crippen LogP contribution is 2.51. The Morgan fingerprint density at radius 2 is 2.00 bits per heavy atom. The maximum absolute atomic E-state index is 10.5. The Morgan fingerprint density at radius 1 is 1.58 bits per heavy atom. The highest BCUT2D eigenvalue weighted by Gasteiger charge is 2.41. The summed E-state index contributed by atoms with van der Waals surface area (Å²) < 4.78 is 8.24. The van der Waals surface area contributed by atoms with Gasteiger partial charge in [-0.15, -0.1) is 0 Å². The fraction of sp³-hybridized carbons (Fsp3) is 0.750. The van der Waals surface area contributed by atoms with Crippen LogP contribution in [0.1, 0.15) is 12.8 Å². The Kier molecular flexibility index (Phi) is 3.68. The maximum Gasteiger partial charge on any atom is 0.360 e. The topological polar surface area (TPSA) is 121 Å². The summed E-state index contributed by atoms with van der Waals surface area (Å²) >= 11 is 5.21. The molecule has 0 rings (SSSR count). The first kappa shape index (κ1) is 11.9. The summed E-state index contributed by atoms with van der Waals surface area (Å²) in [5.74, 6) is -1.21. The molecule has 0 aromatic carbocycles. The summed E-state index contributed by atoms with van der Waals surface area (Å²) in [6, 6.07) is 0. The van der Waals surface area contributed by atoms with Crippen LogP contribution in [0.15, 0.2) is 0 Å². The second-order valence-corrected chi connectivity index (χ2v) is 5.08. The highest BCUT2D eigenvalue weighted by molar-refractivity contribution is 7.55. The lowest BCUT2D eigenvalue weighted by atomic mass is 10.3. The predicted octanol–water partition coefficient (Wildman–Crippen LogP) is -0.120. The number of hydrogen-bond acceptors (Lipinski definition) is 3. The maximum atomic E-state index is 10.5. The first-order valence-electron chi connectivity index (χ1n) is 2.92. The second-order valence-electron chi connectivity index (χ2n) is 2.26. The number of carboxylic acids is 1. The smallest absolute Gasteiger partial charge is 0.360 e. The number of carboxylic acid groups (broad SMARTS) is 1. The minimum Gasteiger partial charge on any atom is -0.481 e. The molecule has 0 saturated carbocycles. The van der Waals surface area contributed by atoms with Crippen LogP contribution in [0.25, 0.3) is 0 Å². The van der Waals surface area contributed by atoms with Crippen LogP contribution in [0.4, 0.5) is 0 Å². The van der Waals surface area contributed by atoms with Gasteiger partial charge >= 0.3 is 13.6 Å². The van der Waals surface area contributed by atoms with Gasteiger partial charge in [0.2, 0.25) is 0 Å². The zero-order valence-corrected chi connectivity index (χ0v) is 7.63. The van der Waals surface area contributed by atoms with Gasteiger partial charge in [-0.1, -0.05) is 11.6 Å². The van der Waals surface area contributed by atoms with E-state index in [-0.39, 0.29) is 0 Å². The third-order valence-corrected chi connectivity index (χ3v) is 3.22. The van der Waals surface area contributed by atoms with Gasteiger partial charge in [-0.2, -0.15) is 0 Å². The molecule has 72 valence electrons. The van der Waals surface area contributed by atoms with E-state index < -0.39 is 31.1 Å². The van der Waals surface area contributed by atoms with E-state index in [9.17, 15) is 9.36 Å². The molecule has 1 atom stereocenters. The number of aliphatic carboxylic acids is 1. The fourth-order valence-electron chi connectivity index (χ4n) is 0.428. The molecule has 0 aromatic heterocycles. The van der Waals surface area contributed by atoms with Crippen LogP contribution in [0.5, 0.6) is 0 Å². The Labute approximate surface area is 73.5 Å². The number of rotatable bonds is 4. The first-order chi connectivity index (χ1) is 5.17. The van der Waals surface area contributed by atoms with Crippen molar-refractivity contribution in [2.24, 2.45) is 5.73 Å². The number of nitrogens with two attached hydrogens (primary N) is 1. The van der Waals surface area contributed by atoms with Crippen molar-refractivity contribution >= 4 is 25.2 Å². The van der Waals surface area contributed by atoms with E-state index >= 15 is 0 Å². The minimum atomic E-state index is -4.64. The normalized spacial score (nSPS) is 17.0. The van der Waals surface area contributed by atoms with Gasteiger partial charge in [-0.25, -0.2) is 0 Å². The lowest BCUT2D eigenvalue weighted by Crippen LogP contribution is -2.33. The quantitative estimate of drug-likeness (QED) is 0.296. The molecule has 0 aliphatic carbocycles. The number of carbonyl (C=O) groups is 1. The van der Waals surface area contributed by atoms with Crippen LogP contribution >= 0.6 is 19.2 Å². The molecule has 0 aromatic rings. The van der Waals surface area contributed by atoms with Crippen LogP contribution < -0.4 is 5.73 Å². The fourth-order valence-corrected chi connectivity index (χ4v) is 0.925. The average molecular weight is 218 g/mol. The monoisotopic (exact) mass is 217 g/mol. The zero-order chi connectivity index (χ0) is 9.99. The van der Waals surface area contributed by atoms with Gasteiger partial charge in [0.05, 0.1) is 0 Å². The van der Waals surface area contributed by atoms with E-state index in [2.05, 4.69) is 0 Å². The van der Waals surface area contributed by atoms with Crippen LogP contribution in [0, 0.1) is 0 Å². The molecule has 0 aliphatic rings. The van der Waals surface area contributed by atoms with Crippen LogP contribution in [-0.2, 0) is 9.36 Å². The largest absolute Gasteiger partial charge is 0.481 e. The van der Waals surface area contributed by atoms with E-state index in [0.29, 0.717) is 0 Å². The second kappa shape index (κ2) is 3.72. The van der Waals surface area contributed by atoms with Gasteiger partial charge in [0.25, 0.3) is 0 Å². The Morgan fingerprint density at radius 3 is 2.25 bits per heavy atom. The first-order valence-corrected chi connectivity index (χ1v) is 4.91. The van der Waals surface area contributed by atoms with Crippen LogP contribution in [-0.4, -0.2) is 25.6 Å². The van der Waals surface area contributed by atoms with E-state index in [1.165, 1.54) is 0 Å². The van der Waals surface area contributed by atoms with Crippen molar-refractivity contribution in [1.82, 2.24) is 0 Å². The van der Waals surface area contributed by atoms with Crippen molar-refractivity contribution in [3.8, 4) is 0 Å². The summed E-state index contributed by atoms with van der Waals surface area (Å²) in [6.45, 7) is 0. The van der Waals surface area contributed by atoms with Crippen LogP contribution in [0.3, 0.4) is 0 Å². The van der Waals surface area contributed by atoms with E-state index in [4.69, 9.17) is 32.2 Å². The molecule has 0 heterocycles. The van der Waals surface area contributed by atoms with Gasteiger partial charge in [0, 0.05) is 12.8 Å². The van der Waals surface area contributed by atoms with Crippen molar-refractivity contribution < 1.29 is 24.3 Å². The van der Waals surface area contributed by atoms with E-state index in [1.54, 1.807) is 0 Å². The van der Waals surface area contributed by atoms with Crippen molar-refractivity contribution in [1.29, 1.82) is 0 Å². The van der Waals surface area contributed by atoms with E-state index in [0.717, 1.165) is 0 Å². The molecular weight excluding hydrogens is 208 g/mol. The SMILES string of the molecule is NC(Cl)(CCC(=O)O)P(=O)(O)O. The number of alkyl halides is 1. The van der Waals surface area contributed by atoms with Gasteiger partial charge in [0.15, 0.2) is 4.74 Å². The van der Waals surface area contributed by atoms with Crippen LogP contribution in [0.2, 0.25) is 0 Å². The third-order valence-electron chi connectivity index (χ3n) is 1.17. The molecule has 0 fully saturated rings. The molecule has 0 amide bonds. The van der Waals surface area contributed by atoms with Crippen molar-refractivity contribution in [3.63, 3.8) is 0 Å². The summed E-state index contributed by atoms with van der Waals surface area (Å²) in [5.41, 5.74) is 4.98. The average Bonchev–Trinajstić information content (AvgIpc) is 1.81. The van der Waals surface area contributed by atoms with Crippen molar-refractivity contribution in [2.75, 3.05) is 0 Å². The number of halogens is 1. The predicted molar refractivity (Wildman–Crippen MR) is 41.7 cm³/mol. The van der Waals surface area contributed by atoms with Gasteiger partial charge in [-0.05, 0) is 0 Å². The molecule has 5 N–H and O–H groups in total. The van der Waals surface area contributed by atoms with E-state index in [1.807, 2.05) is 0 Å². The molecule has 12 heavy (non-hydrogen) atoms. The summed E-state index contributed by atoms with van der Waals surface area (Å²) in [6.07, 6.45) is -0.959. The molecule has 1 unspecified atom stereocenters. The minimum absolute atomic E-state index is 0.478. The third kappa shape index (κ3) is 3.51. The van der Waals surface area contributed by atoms with Gasteiger partial charge in [-0.3, -0.25) is 9.36 Å². The standard InChI is InChI=1S/C4H9ClNO5P/c5-4(6,12(9,10)11)2-1-3(7)8/h1-2,6H2,(H,7,8)(H2,9,10,11). The molecule has 6 nitrogen and oxygen atoms in total. The molecule has 0 aliphatic heterocycles. The lowest BCUT2D eigenvalue weighted by molar-refractivity contribution is -0.137. The lowest BCUT2D eigenvalue weighted by Gasteiger charge is -2.21. The summed E-state index contributed by atoms with van der Waals surface area (Å²) in [5, 5.41) is 8.18. The number of hydrogen-bond donors (Lipinski definition) is 4. The zero-order valence-electron chi connectivity index (χ0n) is 5.97. The Bertz CT molecular complexity index is 223. The van der Waals surface area contributed by atoms with Crippen molar-refractivity contribution in [3.05, 3.63) is 0 Å². The van der Waals surface area contributed by atoms with Gasteiger partial charge < -0.3 is 20.6 Å². The summed E-state index contributed by atoms with van der Waals surface area (Å²) in [7, 11) is -4.64. The molecular formula is C4H9ClNO5P. The Hall–Kier alpha value is -0.130. The Balaban J connectivity index is 4.24. The van der Waals surface area contributed by atoms with Gasteiger partial charge in [0.1, 0.15) is 0 Å². The van der Waals surface area contributed by atoms with Crippen molar-refractivity contribution in [2.45, 2.75) is 17.6 Å².